The predicted octanol–water partition coefficient (Wildman–Crippen LogP) is 2.87. The zero-order valence-corrected chi connectivity index (χ0v) is 16.1. The number of Topliss-reactive ketones (excluding diaryl/α,β-unsaturated/α-hetero) is 1. The number of aromatic nitrogens is 1. The number of carbonyl (C=O) groups excluding carboxylic acids is 2. The van der Waals surface area contributed by atoms with Crippen LogP contribution < -0.4 is 5.32 Å². The average Bonchev–Trinajstić information content (AvgIpc) is 3.18. The average molecular weight is 365 g/mol. The van der Waals surface area contributed by atoms with Crippen molar-refractivity contribution in [2.24, 2.45) is 7.05 Å². The van der Waals surface area contributed by atoms with Crippen LogP contribution in [0.3, 0.4) is 0 Å². The van der Waals surface area contributed by atoms with E-state index in [0.29, 0.717) is 0 Å². The summed E-state index contributed by atoms with van der Waals surface area (Å²) in [5.74, 6) is 0.252. The first-order chi connectivity index (χ1) is 13.0. The second-order valence-electron chi connectivity index (χ2n) is 8.10. The molecule has 2 fully saturated rings. The molecule has 5 nitrogen and oxygen atoms in total. The van der Waals surface area contributed by atoms with Crippen molar-refractivity contribution in [3.8, 4) is 0 Å². The van der Waals surface area contributed by atoms with Crippen molar-refractivity contribution in [2.45, 2.75) is 44.2 Å². The lowest BCUT2D eigenvalue weighted by molar-refractivity contribution is -0.121. The molecular weight excluding hydrogens is 338 g/mol. The van der Waals surface area contributed by atoms with Gasteiger partial charge in [-0.1, -0.05) is 30.3 Å². The molecule has 2 aliphatic rings. The van der Waals surface area contributed by atoms with E-state index in [0.717, 1.165) is 55.7 Å². The van der Waals surface area contributed by atoms with E-state index in [2.05, 4.69) is 22.3 Å². The van der Waals surface area contributed by atoms with Crippen LogP contribution in [0.25, 0.3) is 0 Å². The van der Waals surface area contributed by atoms with E-state index in [4.69, 9.17) is 0 Å². The normalized spacial score (nSPS) is 22.1. The van der Waals surface area contributed by atoms with Crippen LogP contribution in [0, 0.1) is 0 Å². The fourth-order valence-electron chi connectivity index (χ4n) is 4.49. The van der Waals surface area contributed by atoms with Gasteiger partial charge < -0.3 is 9.88 Å². The third kappa shape index (κ3) is 3.56. The summed E-state index contributed by atoms with van der Waals surface area (Å²) in [4.78, 5) is 26.6. The van der Waals surface area contributed by atoms with Crippen molar-refractivity contribution in [3.63, 3.8) is 0 Å². The van der Waals surface area contributed by atoms with Gasteiger partial charge in [-0.05, 0) is 37.8 Å². The summed E-state index contributed by atoms with van der Waals surface area (Å²) in [6, 6.07) is 12.1. The molecule has 0 saturated carbocycles. The van der Waals surface area contributed by atoms with Crippen molar-refractivity contribution in [1.82, 2.24) is 14.8 Å². The van der Waals surface area contributed by atoms with E-state index in [1.807, 2.05) is 42.1 Å². The molecular formula is C22H27N3O2. The number of hydrogen-bond acceptors (Lipinski definition) is 3. The summed E-state index contributed by atoms with van der Waals surface area (Å²) in [5.41, 5.74) is 2.99. The maximum Gasteiger partial charge on any atom is 0.228 e. The number of aryl methyl sites for hydroxylation is 1. The number of likely N-dealkylation sites (tertiary alicyclic amines) is 1. The Morgan fingerprint density at radius 1 is 1.22 bits per heavy atom. The van der Waals surface area contributed by atoms with Gasteiger partial charge in [-0.25, -0.2) is 0 Å². The highest BCUT2D eigenvalue weighted by atomic mass is 16.2. The van der Waals surface area contributed by atoms with Crippen molar-refractivity contribution in [2.75, 3.05) is 13.1 Å². The van der Waals surface area contributed by atoms with E-state index in [9.17, 15) is 9.59 Å². The van der Waals surface area contributed by atoms with Crippen LogP contribution in [0.2, 0.25) is 0 Å². The van der Waals surface area contributed by atoms with Crippen LogP contribution in [0.15, 0.2) is 42.6 Å². The molecule has 1 aromatic carbocycles. The number of rotatable bonds is 4. The molecule has 0 radical (unpaired) electrons. The molecule has 0 aliphatic carbocycles. The Kier molecular flexibility index (Phi) is 4.64. The molecule has 1 amide bonds. The molecule has 0 unspecified atom stereocenters. The molecule has 2 aliphatic heterocycles. The smallest absolute Gasteiger partial charge is 0.228 e. The Hall–Kier alpha value is -2.40. The lowest BCUT2D eigenvalue weighted by Crippen LogP contribution is -2.50. The van der Waals surface area contributed by atoms with Crippen LogP contribution in [-0.4, -0.2) is 39.8 Å². The zero-order valence-electron chi connectivity index (χ0n) is 16.1. The first-order valence-corrected chi connectivity index (χ1v) is 9.71. The summed E-state index contributed by atoms with van der Waals surface area (Å²) >= 11 is 0. The van der Waals surface area contributed by atoms with Crippen molar-refractivity contribution in [3.05, 3.63) is 59.4 Å². The minimum absolute atomic E-state index is 0.0243. The summed E-state index contributed by atoms with van der Waals surface area (Å²) in [6.07, 6.45) is 4.76. The first kappa shape index (κ1) is 18.0. The van der Waals surface area contributed by atoms with E-state index in [1.54, 1.807) is 6.92 Å². The molecule has 5 heteroatoms. The molecule has 4 rings (SSSR count). The van der Waals surface area contributed by atoms with Crippen LogP contribution in [-0.2, 0) is 18.4 Å². The van der Waals surface area contributed by atoms with Gasteiger partial charge in [0.05, 0.1) is 5.92 Å². The second kappa shape index (κ2) is 6.97. The number of nitrogens with zero attached hydrogens (tertiary/aromatic N) is 2. The Balaban J connectivity index is 1.39. The van der Waals surface area contributed by atoms with Gasteiger partial charge in [-0.15, -0.1) is 0 Å². The van der Waals surface area contributed by atoms with Crippen LogP contribution in [0.4, 0.5) is 0 Å². The van der Waals surface area contributed by atoms with Gasteiger partial charge in [0.25, 0.3) is 0 Å². The van der Waals surface area contributed by atoms with Gasteiger partial charge >= 0.3 is 0 Å². The quantitative estimate of drug-likeness (QED) is 0.848. The highest BCUT2D eigenvalue weighted by Crippen LogP contribution is 2.39. The lowest BCUT2D eigenvalue weighted by Gasteiger charge is -2.39. The maximum atomic E-state index is 12.6. The number of ketones is 1. The first-order valence-electron chi connectivity index (χ1n) is 9.71. The Labute approximate surface area is 160 Å². The van der Waals surface area contributed by atoms with Crippen LogP contribution >= 0.6 is 0 Å². The molecule has 1 N–H and O–H groups in total. The zero-order chi connectivity index (χ0) is 19.0. The maximum absolute atomic E-state index is 12.6. The van der Waals surface area contributed by atoms with E-state index in [1.165, 1.54) is 0 Å². The number of amides is 1. The minimum atomic E-state index is -0.0627. The van der Waals surface area contributed by atoms with Gasteiger partial charge in [0.15, 0.2) is 5.78 Å². The van der Waals surface area contributed by atoms with Gasteiger partial charge in [-0.2, -0.15) is 0 Å². The molecule has 0 bridgehead atoms. The number of nitrogens with one attached hydrogen (secondary N) is 1. The van der Waals surface area contributed by atoms with Gasteiger partial charge in [0.2, 0.25) is 5.91 Å². The topological polar surface area (TPSA) is 54.3 Å². The highest BCUT2D eigenvalue weighted by molar-refractivity contribution is 5.94. The molecule has 2 aromatic rings. The Morgan fingerprint density at radius 2 is 1.93 bits per heavy atom. The SMILES string of the molecule is CC(=O)c1cc(CN2CCC3(CC2)C[C@H](c2ccccc2)C(=O)N3)n(C)c1. The molecule has 1 atom stereocenters. The largest absolute Gasteiger partial charge is 0.353 e. The molecule has 27 heavy (non-hydrogen) atoms. The molecule has 3 heterocycles. The summed E-state index contributed by atoms with van der Waals surface area (Å²) < 4.78 is 2.05. The molecule has 142 valence electrons. The lowest BCUT2D eigenvalue weighted by atomic mass is 9.82. The van der Waals surface area contributed by atoms with Gasteiger partial charge in [-0.3, -0.25) is 14.5 Å². The van der Waals surface area contributed by atoms with E-state index >= 15 is 0 Å². The third-order valence-electron chi connectivity index (χ3n) is 6.21. The fourth-order valence-corrected chi connectivity index (χ4v) is 4.49. The highest BCUT2D eigenvalue weighted by Gasteiger charge is 2.46. The summed E-state index contributed by atoms with van der Waals surface area (Å²) in [5, 5.41) is 3.32. The standard InChI is InChI=1S/C22H27N3O2/c1-16(26)18-12-19(24(2)14-18)15-25-10-8-22(9-11-25)13-20(21(27)23-22)17-6-4-3-5-7-17/h3-7,12,14,20H,8-11,13,15H2,1-2H3,(H,23,27)/t20-/m1/s1. The minimum Gasteiger partial charge on any atom is -0.353 e. The Bertz CT molecular complexity index is 848. The number of piperidine rings is 1. The van der Waals surface area contributed by atoms with Crippen LogP contribution in [0.1, 0.15) is 53.7 Å². The van der Waals surface area contributed by atoms with Crippen molar-refractivity contribution >= 4 is 11.7 Å². The monoisotopic (exact) mass is 365 g/mol. The summed E-state index contributed by atoms with van der Waals surface area (Å²) in [6.45, 7) is 4.37. The number of carbonyl (C=O) groups is 2. The predicted molar refractivity (Wildman–Crippen MR) is 105 cm³/mol. The number of benzene rings is 1. The van der Waals surface area contributed by atoms with Crippen molar-refractivity contribution < 1.29 is 9.59 Å². The van der Waals surface area contributed by atoms with Gasteiger partial charge in [0, 0.05) is 49.7 Å². The summed E-state index contributed by atoms with van der Waals surface area (Å²) in [7, 11) is 1.99. The third-order valence-corrected chi connectivity index (χ3v) is 6.21. The van der Waals surface area contributed by atoms with Gasteiger partial charge in [0.1, 0.15) is 0 Å². The number of hydrogen-bond donors (Lipinski definition) is 1. The van der Waals surface area contributed by atoms with Crippen LogP contribution in [0.5, 0.6) is 0 Å². The molecule has 1 aromatic heterocycles. The Morgan fingerprint density at radius 3 is 2.56 bits per heavy atom. The van der Waals surface area contributed by atoms with E-state index < -0.39 is 0 Å². The molecule has 2 saturated heterocycles. The van der Waals surface area contributed by atoms with Crippen molar-refractivity contribution in [1.29, 1.82) is 0 Å². The molecule has 1 spiro atoms. The van der Waals surface area contributed by atoms with E-state index in [-0.39, 0.29) is 23.1 Å². The fraction of sp³-hybridized carbons (Fsp3) is 0.455. The second-order valence-corrected chi connectivity index (χ2v) is 8.10.